The average molecular weight is 276 g/mol. The number of carbonyl (C=O) groups excluding carboxylic acids is 2. The largest absolute Gasteiger partial charge is 0.480 e. The Bertz CT molecular complexity index is 330. The van der Waals surface area contributed by atoms with Gasteiger partial charge in [-0.3, -0.25) is 14.9 Å². The maximum Gasteiger partial charge on any atom is 0.326 e. The number of carbonyl (C=O) groups is 3. The lowest BCUT2D eigenvalue weighted by atomic mass is 10.1. The molecule has 0 aromatic carbocycles. The van der Waals surface area contributed by atoms with E-state index < -0.39 is 18.0 Å². The number of carboxylic acids is 1. The summed E-state index contributed by atoms with van der Waals surface area (Å²) < 4.78 is 4.42. The van der Waals surface area contributed by atoms with Crippen LogP contribution in [0, 0.1) is 0 Å². The normalized spacial score (nSPS) is 20.2. The van der Waals surface area contributed by atoms with Crippen LogP contribution < -0.4 is 10.6 Å². The molecule has 1 aliphatic heterocycles. The highest BCUT2D eigenvalue weighted by atomic mass is 32.2. The highest BCUT2D eigenvalue weighted by Crippen LogP contribution is 2.10. The lowest BCUT2D eigenvalue weighted by Crippen LogP contribution is -2.49. The standard InChI is InChI=1S/C10H16N2O5S/c1-17-8(13)3-2-6(10(15)16)12-9(14)7-4-18-5-11-7/h6-7,11H,2-5H2,1H3,(H,12,14)(H,15,16)/t6-,7?/m0/s1. The van der Waals surface area contributed by atoms with Crippen LogP contribution in [0.4, 0.5) is 0 Å². The molecule has 0 radical (unpaired) electrons. The monoisotopic (exact) mass is 276 g/mol. The van der Waals surface area contributed by atoms with Crippen LogP contribution in [-0.4, -0.2) is 53.8 Å². The molecule has 1 heterocycles. The van der Waals surface area contributed by atoms with E-state index in [2.05, 4.69) is 15.4 Å². The van der Waals surface area contributed by atoms with Gasteiger partial charge in [0.25, 0.3) is 0 Å². The molecule has 2 atom stereocenters. The van der Waals surface area contributed by atoms with Gasteiger partial charge in [-0.25, -0.2) is 4.79 Å². The Morgan fingerprint density at radius 3 is 2.78 bits per heavy atom. The zero-order valence-electron chi connectivity index (χ0n) is 9.97. The molecule has 102 valence electrons. The van der Waals surface area contributed by atoms with Crippen LogP contribution in [0.15, 0.2) is 0 Å². The minimum atomic E-state index is -1.15. The molecule has 8 heteroatoms. The topological polar surface area (TPSA) is 105 Å². The summed E-state index contributed by atoms with van der Waals surface area (Å²) in [6.45, 7) is 0. The molecule has 1 saturated heterocycles. The van der Waals surface area contributed by atoms with Gasteiger partial charge in [0.1, 0.15) is 6.04 Å². The third-order valence-electron chi connectivity index (χ3n) is 2.51. The number of hydrogen-bond acceptors (Lipinski definition) is 6. The minimum absolute atomic E-state index is 0.0214. The summed E-state index contributed by atoms with van der Waals surface area (Å²) in [5.41, 5.74) is 0. The molecule has 18 heavy (non-hydrogen) atoms. The number of rotatable bonds is 6. The van der Waals surface area contributed by atoms with Gasteiger partial charge in [-0.1, -0.05) is 0 Å². The van der Waals surface area contributed by atoms with Gasteiger partial charge < -0.3 is 15.2 Å². The maximum atomic E-state index is 11.7. The molecule has 1 amide bonds. The van der Waals surface area contributed by atoms with Crippen LogP contribution in [0.1, 0.15) is 12.8 Å². The second kappa shape index (κ2) is 7.22. The summed E-state index contributed by atoms with van der Waals surface area (Å²) in [5.74, 6) is -0.701. The van der Waals surface area contributed by atoms with E-state index >= 15 is 0 Å². The molecule has 1 aliphatic rings. The molecule has 0 saturated carbocycles. The van der Waals surface area contributed by atoms with Crippen molar-refractivity contribution in [3.8, 4) is 0 Å². The van der Waals surface area contributed by atoms with E-state index in [0.29, 0.717) is 11.6 Å². The molecule has 7 nitrogen and oxygen atoms in total. The van der Waals surface area contributed by atoms with Gasteiger partial charge >= 0.3 is 11.9 Å². The smallest absolute Gasteiger partial charge is 0.326 e. The first-order chi connectivity index (χ1) is 8.54. The third-order valence-corrected chi connectivity index (χ3v) is 3.45. The number of amides is 1. The third kappa shape index (κ3) is 4.53. The number of hydrogen-bond donors (Lipinski definition) is 3. The van der Waals surface area contributed by atoms with E-state index in [1.54, 1.807) is 11.8 Å². The predicted molar refractivity (Wildman–Crippen MR) is 65.1 cm³/mol. The van der Waals surface area contributed by atoms with Crippen LogP contribution in [0.3, 0.4) is 0 Å². The second-order valence-corrected chi connectivity index (χ2v) is 4.82. The Morgan fingerprint density at radius 1 is 1.56 bits per heavy atom. The zero-order chi connectivity index (χ0) is 13.5. The lowest BCUT2D eigenvalue weighted by molar-refractivity contribution is -0.144. The SMILES string of the molecule is COC(=O)CC[C@H](NC(=O)C1CSCN1)C(=O)O. The van der Waals surface area contributed by atoms with E-state index in [9.17, 15) is 14.4 Å². The molecule has 3 N–H and O–H groups in total. The molecule has 0 spiro atoms. The van der Waals surface area contributed by atoms with Crippen molar-refractivity contribution in [3.63, 3.8) is 0 Å². The Balaban J connectivity index is 2.44. The molecule has 1 unspecified atom stereocenters. The first kappa shape index (κ1) is 14.8. The Labute approximate surface area is 109 Å². The quantitative estimate of drug-likeness (QED) is 0.544. The molecule has 1 fully saturated rings. The van der Waals surface area contributed by atoms with Crippen molar-refractivity contribution in [3.05, 3.63) is 0 Å². The van der Waals surface area contributed by atoms with Gasteiger partial charge in [0.05, 0.1) is 13.2 Å². The molecular formula is C10H16N2O5S. The molecule has 0 aromatic rings. The van der Waals surface area contributed by atoms with E-state index in [1.165, 1.54) is 7.11 Å². The number of thioether (sulfide) groups is 1. The number of nitrogens with one attached hydrogen (secondary N) is 2. The summed E-state index contributed by atoms with van der Waals surface area (Å²) >= 11 is 1.57. The molecule has 0 aliphatic carbocycles. The van der Waals surface area contributed by atoms with Crippen molar-refractivity contribution < 1.29 is 24.2 Å². The van der Waals surface area contributed by atoms with Crippen molar-refractivity contribution in [1.29, 1.82) is 0 Å². The van der Waals surface area contributed by atoms with E-state index in [4.69, 9.17) is 5.11 Å². The number of methoxy groups -OCH3 is 1. The highest BCUT2D eigenvalue weighted by Gasteiger charge is 2.27. The average Bonchev–Trinajstić information content (AvgIpc) is 2.87. The van der Waals surface area contributed by atoms with Crippen LogP contribution >= 0.6 is 11.8 Å². The van der Waals surface area contributed by atoms with Crippen molar-refractivity contribution in [2.45, 2.75) is 24.9 Å². The summed E-state index contributed by atoms with van der Waals surface area (Å²) in [5, 5.41) is 14.3. The first-order valence-electron chi connectivity index (χ1n) is 5.45. The van der Waals surface area contributed by atoms with Gasteiger partial charge in [-0.2, -0.15) is 0 Å². The molecular weight excluding hydrogens is 260 g/mol. The minimum Gasteiger partial charge on any atom is -0.480 e. The van der Waals surface area contributed by atoms with E-state index in [1.807, 2.05) is 0 Å². The number of esters is 1. The van der Waals surface area contributed by atoms with Gasteiger partial charge in [-0.05, 0) is 6.42 Å². The van der Waals surface area contributed by atoms with Crippen LogP contribution in [0.5, 0.6) is 0 Å². The second-order valence-electron chi connectivity index (χ2n) is 3.79. The summed E-state index contributed by atoms with van der Waals surface area (Å²) in [6.07, 6.45) is -0.0196. The van der Waals surface area contributed by atoms with Crippen LogP contribution in [0.25, 0.3) is 0 Å². The van der Waals surface area contributed by atoms with E-state index in [-0.39, 0.29) is 24.8 Å². The number of carboxylic acid groups (broad SMARTS) is 1. The van der Waals surface area contributed by atoms with Crippen molar-refractivity contribution in [2.75, 3.05) is 18.7 Å². The summed E-state index contributed by atoms with van der Waals surface area (Å²) in [7, 11) is 1.23. The molecule has 0 bridgehead atoms. The van der Waals surface area contributed by atoms with Gasteiger partial charge in [0, 0.05) is 18.1 Å². The fourth-order valence-corrected chi connectivity index (χ4v) is 2.40. The fraction of sp³-hybridized carbons (Fsp3) is 0.700. The number of ether oxygens (including phenoxy) is 1. The summed E-state index contributed by atoms with van der Waals surface area (Å²) in [6, 6.07) is -1.43. The highest BCUT2D eigenvalue weighted by molar-refractivity contribution is 7.99. The van der Waals surface area contributed by atoms with Gasteiger partial charge in [0.15, 0.2) is 0 Å². The Hall–Kier alpha value is -1.28. The fourth-order valence-electron chi connectivity index (χ4n) is 1.46. The molecule has 1 rings (SSSR count). The predicted octanol–water partition coefficient (Wildman–Crippen LogP) is -0.828. The maximum absolute atomic E-state index is 11.7. The Kier molecular flexibility index (Phi) is 5.93. The van der Waals surface area contributed by atoms with Gasteiger partial charge in [-0.15, -0.1) is 11.8 Å². The summed E-state index contributed by atoms with van der Waals surface area (Å²) in [4.78, 5) is 33.6. The number of aliphatic carboxylic acids is 1. The van der Waals surface area contributed by atoms with Gasteiger partial charge in [0.2, 0.25) is 5.91 Å². The van der Waals surface area contributed by atoms with Crippen molar-refractivity contribution in [1.82, 2.24) is 10.6 Å². The zero-order valence-corrected chi connectivity index (χ0v) is 10.8. The first-order valence-corrected chi connectivity index (χ1v) is 6.61. The lowest BCUT2D eigenvalue weighted by Gasteiger charge is -2.16. The van der Waals surface area contributed by atoms with Crippen molar-refractivity contribution >= 4 is 29.6 Å². The van der Waals surface area contributed by atoms with Crippen molar-refractivity contribution in [2.24, 2.45) is 0 Å². The Morgan fingerprint density at radius 2 is 2.28 bits per heavy atom. The molecule has 0 aromatic heterocycles. The van der Waals surface area contributed by atoms with E-state index in [0.717, 1.165) is 0 Å². The van der Waals surface area contributed by atoms with Crippen LogP contribution in [0.2, 0.25) is 0 Å². The van der Waals surface area contributed by atoms with Crippen LogP contribution in [-0.2, 0) is 19.1 Å².